The number of hydrogen-bond donors (Lipinski definition) is 1. The van der Waals surface area contributed by atoms with Gasteiger partial charge < -0.3 is 19.5 Å². The summed E-state index contributed by atoms with van der Waals surface area (Å²) in [5.74, 6) is -0.0808. The standard InChI is InChI=1S/C22H29NO4/c1-4-23(5-2)13-14-27-21-16-19(26-3)12-11-18(21)15-20(22(24)25)17-9-7-6-8-10-17/h6-12,16,20H,4-5,13-15H2,1-3H3,(H,24,25). The van der Waals surface area contributed by atoms with E-state index in [9.17, 15) is 9.90 Å². The fourth-order valence-corrected chi connectivity index (χ4v) is 3.04. The van der Waals surface area contributed by atoms with Gasteiger partial charge in [0.15, 0.2) is 0 Å². The van der Waals surface area contributed by atoms with Gasteiger partial charge in [-0.1, -0.05) is 50.2 Å². The third-order valence-electron chi connectivity index (χ3n) is 4.76. The number of likely N-dealkylation sites (N-methyl/N-ethyl adjacent to an activating group) is 1. The number of hydrogen-bond acceptors (Lipinski definition) is 4. The molecule has 5 nitrogen and oxygen atoms in total. The minimum Gasteiger partial charge on any atom is -0.497 e. The number of carboxylic acid groups (broad SMARTS) is 1. The van der Waals surface area contributed by atoms with Crippen LogP contribution in [0.3, 0.4) is 0 Å². The molecule has 146 valence electrons. The first-order valence-corrected chi connectivity index (χ1v) is 9.38. The van der Waals surface area contributed by atoms with Gasteiger partial charge in [0.1, 0.15) is 18.1 Å². The van der Waals surface area contributed by atoms with E-state index >= 15 is 0 Å². The fourth-order valence-electron chi connectivity index (χ4n) is 3.04. The van der Waals surface area contributed by atoms with E-state index in [2.05, 4.69) is 18.7 Å². The first-order valence-electron chi connectivity index (χ1n) is 9.38. The maximum Gasteiger partial charge on any atom is 0.311 e. The lowest BCUT2D eigenvalue weighted by molar-refractivity contribution is -0.138. The average Bonchev–Trinajstić information content (AvgIpc) is 2.70. The molecule has 0 amide bonds. The van der Waals surface area contributed by atoms with Crippen LogP contribution < -0.4 is 9.47 Å². The van der Waals surface area contributed by atoms with Crippen LogP contribution in [0.4, 0.5) is 0 Å². The molecule has 2 rings (SSSR count). The van der Waals surface area contributed by atoms with E-state index in [1.165, 1.54) is 0 Å². The summed E-state index contributed by atoms with van der Waals surface area (Å²) in [7, 11) is 1.61. The van der Waals surface area contributed by atoms with Crippen LogP contribution >= 0.6 is 0 Å². The molecule has 27 heavy (non-hydrogen) atoms. The van der Waals surface area contributed by atoms with Crippen molar-refractivity contribution in [3.63, 3.8) is 0 Å². The molecule has 0 aliphatic rings. The van der Waals surface area contributed by atoms with E-state index in [0.29, 0.717) is 24.5 Å². The summed E-state index contributed by atoms with van der Waals surface area (Å²) in [5, 5.41) is 9.72. The molecule has 0 aromatic heterocycles. The third-order valence-corrected chi connectivity index (χ3v) is 4.76. The summed E-state index contributed by atoms with van der Waals surface area (Å²) in [5.41, 5.74) is 1.65. The number of nitrogens with zero attached hydrogens (tertiary/aromatic N) is 1. The highest BCUT2D eigenvalue weighted by Crippen LogP contribution is 2.30. The lowest BCUT2D eigenvalue weighted by atomic mass is 9.91. The van der Waals surface area contributed by atoms with Crippen LogP contribution in [-0.2, 0) is 11.2 Å². The van der Waals surface area contributed by atoms with Gasteiger partial charge in [-0.05, 0) is 36.7 Å². The van der Waals surface area contributed by atoms with Gasteiger partial charge in [-0.2, -0.15) is 0 Å². The number of methoxy groups -OCH3 is 1. The summed E-state index contributed by atoms with van der Waals surface area (Å²) in [6.07, 6.45) is 0.365. The molecule has 0 aliphatic heterocycles. The first-order chi connectivity index (χ1) is 13.1. The topological polar surface area (TPSA) is 59.0 Å². The molecule has 1 N–H and O–H groups in total. The Morgan fingerprint density at radius 3 is 2.41 bits per heavy atom. The number of benzene rings is 2. The summed E-state index contributed by atoms with van der Waals surface area (Å²) in [6, 6.07) is 14.9. The number of aliphatic carboxylic acids is 1. The molecule has 2 aromatic rings. The second-order valence-corrected chi connectivity index (χ2v) is 6.35. The molecule has 1 unspecified atom stereocenters. The second kappa shape index (κ2) is 10.6. The molecule has 5 heteroatoms. The van der Waals surface area contributed by atoms with Crippen LogP contribution in [0.15, 0.2) is 48.5 Å². The number of ether oxygens (including phenoxy) is 2. The molecule has 0 heterocycles. The van der Waals surface area contributed by atoms with Gasteiger partial charge in [0.05, 0.1) is 13.0 Å². The van der Waals surface area contributed by atoms with Crippen molar-refractivity contribution in [3.05, 3.63) is 59.7 Å². The highest BCUT2D eigenvalue weighted by molar-refractivity contribution is 5.76. The molecule has 0 spiro atoms. The molecular formula is C22H29NO4. The van der Waals surface area contributed by atoms with Crippen molar-refractivity contribution >= 4 is 5.97 Å². The Balaban J connectivity index is 2.20. The Kier molecular flexibility index (Phi) is 8.14. The molecule has 0 aliphatic carbocycles. The maximum atomic E-state index is 11.8. The Labute approximate surface area is 161 Å². The highest BCUT2D eigenvalue weighted by Gasteiger charge is 2.22. The molecule has 0 radical (unpaired) electrons. The zero-order valence-corrected chi connectivity index (χ0v) is 16.4. The average molecular weight is 371 g/mol. The van der Waals surface area contributed by atoms with E-state index in [0.717, 1.165) is 30.8 Å². The molecule has 1 atom stereocenters. The van der Waals surface area contributed by atoms with Gasteiger partial charge in [0.2, 0.25) is 0 Å². The van der Waals surface area contributed by atoms with Crippen molar-refractivity contribution in [3.8, 4) is 11.5 Å². The Bertz CT molecular complexity index is 714. The Morgan fingerprint density at radius 2 is 1.81 bits per heavy atom. The van der Waals surface area contributed by atoms with Crippen molar-refractivity contribution < 1.29 is 19.4 Å². The van der Waals surface area contributed by atoms with Crippen molar-refractivity contribution in [2.75, 3.05) is 33.4 Å². The van der Waals surface area contributed by atoms with Crippen LogP contribution in [0.2, 0.25) is 0 Å². The zero-order chi connectivity index (χ0) is 19.6. The predicted molar refractivity (Wildman–Crippen MR) is 107 cm³/mol. The van der Waals surface area contributed by atoms with Gasteiger partial charge in [-0.15, -0.1) is 0 Å². The van der Waals surface area contributed by atoms with E-state index in [-0.39, 0.29) is 0 Å². The summed E-state index contributed by atoms with van der Waals surface area (Å²) < 4.78 is 11.3. The van der Waals surface area contributed by atoms with Crippen molar-refractivity contribution in [1.29, 1.82) is 0 Å². The minimum absolute atomic E-state index is 0.365. The van der Waals surface area contributed by atoms with E-state index in [1.54, 1.807) is 7.11 Å². The molecule has 0 saturated heterocycles. The molecule has 0 bridgehead atoms. The van der Waals surface area contributed by atoms with Crippen LogP contribution in [0.25, 0.3) is 0 Å². The summed E-state index contributed by atoms with van der Waals surface area (Å²) in [4.78, 5) is 14.1. The molecule has 2 aromatic carbocycles. The predicted octanol–water partition coefficient (Wildman–Crippen LogP) is 3.83. The first kappa shape index (κ1) is 20.8. The van der Waals surface area contributed by atoms with Gasteiger partial charge in [-0.25, -0.2) is 0 Å². The van der Waals surface area contributed by atoms with Gasteiger partial charge in [0, 0.05) is 12.6 Å². The van der Waals surface area contributed by atoms with Gasteiger partial charge in [-0.3, -0.25) is 4.79 Å². The van der Waals surface area contributed by atoms with E-state index < -0.39 is 11.9 Å². The van der Waals surface area contributed by atoms with E-state index in [1.807, 2.05) is 48.5 Å². The van der Waals surface area contributed by atoms with Crippen molar-refractivity contribution in [1.82, 2.24) is 4.90 Å². The monoisotopic (exact) mass is 371 g/mol. The van der Waals surface area contributed by atoms with Gasteiger partial charge >= 0.3 is 5.97 Å². The number of carbonyl (C=O) groups is 1. The van der Waals surface area contributed by atoms with Crippen LogP contribution in [0, 0.1) is 0 Å². The minimum atomic E-state index is -0.842. The third kappa shape index (κ3) is 6.00. The molecule has 0 saturated carbocycles. The van der Waals surface area contributed by atoms with E-state index in [4.69, 9.17) is 9.47 Å². The van der Waals surface area contributed by atoms with Crippen molar-refractivity contribution in [2.24, 2.45) is 0 Å². The highest BCUT2D eigenvalue weighted by atomic mass is 16.5. The lowest BCUT2D eigenvalue weighted by Crippen LogP contribution is -2.28. The smallest absolute Gasteiger partial charge is 0.311 e. The Hall–Kier alpha value is -2.53. The summed E-state index contributed by atoms with van der Waals surface area (Å²) in [6.45, 7) is 7.56. The Morgan fingerprint density at radius 1 is 1.11 bits per heavy atom. The zero-order valence-electron chi connectivity index (χ0n) is 16.4. The maximum absolute atomic E-state index is 11.8. The van der Waals surface area contributed by atoms with Crippen LogP contribution in [0.5, 0.6) is 11.5 Å². The second-order valence-electron chi connectivity index (χ2n) is 6.35. The molecule has 0 fully saturated rings. The number of rotatable bonds is 11. The normalized spacial score (nSPS) is 12.0. The fraction of sp³-hybridized carbons (Fsp3) is 0.409. The van der Waals surface area contributed by atoms with Crippen molar-refractivity contribution in [2.45, 2.75) is 26.2 Å². The number of carboxylic acids is 1. The largest absolute Gasteiger partial charge is 0.497 e. The van der Waals surface area contributed by atoms with Crippen LogP contribution in [0.1, 0.15) is 30.9 Å². The quantitative estimate of drug-likeness (QED) is 0.651. The van der Waals surface area contributed by atoms with Gasteiger partial charge in [0.25, 0.3) is 0 Å². The summed E-state index contributed by atoms with van der Waals surface area (Å²) >= 11 is 0. The SMILES string of the molecule is CCN(CC)CCOc1cc(OC)ccc1CC(C(=O)O)c1ccccc1. The lowest BCUT2D eigenvalue weighted by Gasteiger charge is -2.20. The molecular weight excluding hydrogens is 342 g/mol. The van der Waals surface area contributed by atoms with Crippen LogP contribution in [-0.4, -0.2) is 49.3 Å².